The molecule has 0 amide bonds. The van der Waals surface area contributed by atoms with Crippen molar-refractivity contribution >= 4 is 34.7 Å². The monoisotopic (exact) mass is 218 g/mol. The molecule has 1 heterocycles. The van der Waals surface area contributed by atoms with E-state index in [2.05, 4.69) is 0 Å². The average molecular weight is 219 g/mol. The lowest BCUT2D eigenvalue weighted by molar-refractivity contribution is -0.136. The maximum absolute atomic E-state index is 11.3. The highest BCUT2D eigenvalue weighted by molar-refractivity contribution is 7.18. The number of carboxylic acids is 1. The van der Waals surface area contributed by atoms with E-state index in [-0.39, 0.29) is 18.6 Å². The zero-order valence-electron chi connectivity index (χ0n) is 6.62. The number of carboxylic acid groups (broad SMARTS) is 1. The highest BCUT2D eigenvalue weighted by atomic mass is 35.5. The number of ketones is 1. The number of aliphatic carboxylic acids is 1. The zero-order chi connectivity index (χ0) is 9.84. The third kappa shape index (κ3) is 3.16. The topological polar surface area (TPSA) is 54.4 Å². The summed E-state index contributed by atoms with van der Waals surface area (Å²) in [5.74, 6) is -1.13. The van der Waals surface area contributed by atoms with E-state index in [4.69, 9.17) is 16.7 Å². The third-order valence-electron chi connectivity index (χ3n) is 1.41. The smallest absolute Gasteiger partial charge is 0.303 e. The summed E-state index contributed by atoms with van der Waals surface area (Å²) in [6, 6.07) is 3.23. The first-order valence-electron chi connectivity index (χ1n) is 3.60. The Morgan fingerprint density at radius 3 is 2.54 bits per heavy atom. The largest absolute Gasteiger partial charge is 0.481 e. The number of rotatable bonds is 4. The van der Waals surface area contributed by atoms with Gasteiger partial charge in [0.15, 0.2) is 5.78 Å². The second-order valence-corrected chi connectivity index (χ2v) is 4.14. The fraction of sp³-hybridized carbons (Fsp3) is 0.250. The van der Waals surface area contributed by atoms with Gasteiger partial charge in [-0.3, -0.25) is 9.59 Å². The van der Waals surface area contributed by atoms with Crippen LogP contribution in [-0.4, -0.2) is 16.9 Å². The molecule has 0 saturated heterocycles. The highest BCUT2D eigenvalue weighted by Gasteiger charge is 2.10. The second kappa shape index (κ2) is 4.39. The summed E-state index contributed by atoms with van der Waals surface area (Å²) in [7, 11) is 0. The summed E-state index contributed by atoms with van der Waals surface area (Å²) in [5.41, 5.74) is 0. The lowest BCUT2D eigenvalue weighted by atomic mass is 10.2. The molecule has 0 aromatic carbocycles. The van der Waals surface area contributed by atoms with Crippen molar-refractivity contribution in [2.24, 2.45) is 0 Å². The van der Waals surface area contributed by atoms with Crippen LogP contribution in [0.4, 0.5) is 0 Å². The van der Waals surface area contributed by atoms with Crippen LogP contribution in [0.15, 0.2) is 12.1 Å². The minimum atomic E-state index is -0.962. The van der Waals surface area contributed by atoms with Crippen molar-refractivity contribution in [2.45, 2.75) is 12.8 Å². The van der Waals surface area contributed by atoms with Gasteiger partial charge < -0.3 is 5.11 Å². The van der Waals surface area contributed by atoms with Crippen LogP contribution in [-0.2, 0) is 4.79 Å². The normalized spacial score (nSPS) is 9.92. The molecule has 0 atom stereocenters. The molecule has 1 aromatic heterocycles. The molecule has 1 aromatic rings. The Morgan fingerprint density at radius 1 is 1.38 bits per heavy atom. The summed E-state index contributed by atoms with van der Waals surface area (Å²) >= 11 is 6.79. The van der Waals surface area contributed by atoms with Crippen molar-refractivity contribution in [3.63, 3.8) is 0 Å². The summed E-state index contributed by atoms with van der Waals surface area (Å²) in [4.78, 5) is 21.9. The molecule has 0 unspecified atom stereocenters. The fourth-order valence-corrected chi connectivity index (χ4v) is 1.82. The second-order valence-electron chi connectivity index (χ2n) is 2.42. The van der Waals surface area contributed by atoms with Crippen LogP contribution in [0.2, 0.25) is 4.34 Å². The molecule has 0 aliphatic heterocycles. The van der Waals surface area contributed by atoms with Crippen molar-refractivity contribution in [2.75, 3.05) is 0 Å². The first-order valence-corrected chi connectivity index (χ1v) is 4.79. The predicted octanol–water partition coefficient (Wildman–Crippen LogP) is 2.45. The highest BCUT2D eigenvalue weighted by Crippen LogP contribution is 2.22. The van der Waals surface area contributed by atoms with E-state index in [1.165, 1.54) is 11.3 Å². The Bertz CT molecular complexity index is 332. The van der Waals surface area contributed by atoms with Gasteiger partial charge in [-0.05, 0) is 12.1 Å². The van der Waals surface area contributed by atoms with Crippen LogP contribution in [0, 0.1) is 0 Å². The molecule has 5 heteroatoms. The van der Waals surface area contributed by atoms with Crippen molar-refractivity contribution in [3.05, 3.63) is 21.3 Å². The van der Waals surface area contributed by atoms with Gasteiger partial charge in [0, 0.05) is 6.42 Å². The quantitative estimate of drug-likeness (QED) is 0.790. The van der Waals surface area contributed by atoms with Crippen LogP contribution >= 0.6 is 22.9 Å². The Hall–Kier alpha value is -0.870. The van der Waals surface area contributed by atoms with Crippen molar-refractivity contribution in [3.8, 4) is 0 Å². The number of carbonyl (C=O) groups is 2. The summed E-state index contributed by atoms with van der Waals surface area (Å²) in [6.45, 7) is 0. The third-order valence-corrected chi connectivity index (χ3v) is 2.69. The van der Waals surface area contributed by atoms with E-state index >= 15 is 0 Å². The van der Waals surface area contributed by atoms with E-state index in [0.29, 0.717) is 9.21 Å². The number of Topliss-reactive ketones (excluding diaryl/α,β-unsaturated/α-hetero) is 1. The molecule has 0 saturated carbocycles. The first kappa shape index (κ1) is 10.2. The molecule has 0 aliphatic carbocycles. The number of carbonyl (C=O) groups excluding carboxylic acids is 1. The molecule has 0 radical (unpaired) electrons. The van der Waals surface area contributed by atoms with Gasteiger partial charge in [-0.2, -0.15) is 0 Å². The van der Waals surface area contributed by atoms with Gasteiger partial charge in [-0.1, -0.05) is 11.6 Å². The molecular weight excluding hydrogens is 212 g/mol. The first-order chi connectivity index (χ1) is 6.09. The van der Waals surface area contributed by atoms with E-state index in [1.54, 1.807) is 12.1 Å². The standard InChI is InChI=1S/C8H7ClO3S/c9-7-3-2-6(13-7)5(10)1-4-8(11)12/h2-3H,1,4H2,(H,11,12). The maximum Gasteiger partial charge on any atom is 0.303 e. The molecule has 0 aliphatic rings. The van der Waals surface area contributed by atoms with Crippen LogP contribution in [0.5, 0.6) is 0 Å². The van der Waals surface area contributed by atoms with E-state index in [0.717, 1.165) is 0 Å². The molecule has 70 valence electrons. The fourth-order valence-electron chi connectivity index (χ4n) is 0.808. The lowest BCUT2D eigenvalue weighted by Crippen LogP contribution is -2.01. The molecule has 1 rings (SSSR count). The van der Waals surface area contributed by atoms with Crippen LogP contribution in [0.25, 0.3) is 0 Å². The number of hydrogen-bond acceptors (Lipinski definition) is 3. The van der Waals surface area contributed by atoms with Gasteiger partial charge in [0.25, 0.3) is 0 Å². The maximum atomic E-state index is 11.3. The molecule has 0 fully saturated rings. The number of thiophene rings is 1. The molecule has 0 spiro atoms. The van der Waals surface area contributed by atoms with Crippen molar-refractivity contribution in [1.82, 2.24) is 0 Å². The number of hydrogen-bond donors (Lipinski definition) is 1. The minimum Gasteiger partial charge on any atom is -0.481 e. The summed E-state index contributed by atoms with van der Waals surface area (Å²) in [5, 5.41) is 8.34. The molecule has 3 nitrogen and oxygen atoms in total. The van der Waals surface area contributed by atoms with E-state index in [9.17, 15) is 9.59 Å². The lowest BCUT2D eigenvalue weighted by Gasteiger charge is -1.92. The average Bonchev–Trinajstić information content (AvgIpc) is 2.47. The number of halogens is 1. The Balaban J connectivity index is 2.54. The van der Waals surface area contributed by atoms with Gasteiger partial charge in [-0.25, -0.2) is 0 Å². The minimum absolute atomic E-state index is 0.0339. The van der Waals surface area contributed by atoms with Crippen LogP contribution in [0.3, 0.4) is 0 Å². The Labute approximate surface area is 84.0 Å². The summed E-state index contributed by atoms with van der Waals surface area (Å²) < 4.78 is 0.540. The van der Waals surface area contributed by atoms with Crippen LogP contribution in [0.1, 0.15) is 22.5 Å². The van der Waals surface area contributed by atoms with Gasteiger partial charge in [0.2, 0.25) is 0 Å². The van der Waals surface area contributed by atoms with Crippen molar-refractivity contribution in [1.29, 1.82) is 0 Å². The van der Waals surface area contributed by atoms with Gasteiger partial charge >= 0.3 is 5.97 Å². The van der Waals surface area contributed by atoms with Crippen LogP contribution < -0.4 is 0 Å². The van der Waals surface area contributed by atoms with E-state index < -0.39 is 5.97 Å². The van der Waals surface area contributed by atoms with Gasteiger partial charge in [-0.15, -0.1) is 11.3 Å². The predicted molar refractivity (Wildman–Crippen MR) is 50.5 cm³/mol. The SMILES string of the molecule is O=C(O)CCC(=O)c1ccc(Cl)s1. The Kier molecular flexibility index (Phi) is 3.45. The molecule has 0 bridgehead atoms. The zero-order valence-corrected chi connectivity index (χ0v) is 8.19. The summed E-state index contributed by atoms with van der Waals surface area (Å²) in [6.07, 6.45) is -0.0967. The molecule has 13 heavy (non-hydrogen) atoms. The molecule has 1 N–H and O–H groups in total. The van der Waals surface area contributed by atoms with E-state index in [1.807, 2.05) is 0 Å². The van der Waals surface area contributed by atoms with Crippen molar-refractivity contribution < 1.29 is 14.7 Å². The van der Waals surface area contributed by atoms with Gasteiger partial charge in [0.05, 0.1) is 15.6 Å². The Morgan fingerprint density at radius 2 is 2.08 bits per heavy atom. The van der Waals surface area contributed by atoms with Gasteiger partial charge in [0.1, 0.15) is 0 Å². The molecular formula is C8H7ClO3S.